The minimum Gasteiger partial charge on any atom is -0.346 e. The summed E-state index contributed by atoms with van der Waals surface area (Å²) in [4.78, 5) is 39.0. The summed E-state index contributed by atoms with van der Waals surface area (Å²) in [5.41, 5.74) is 1.99. The number of fused-ring (bicyclic) bond motifs is 1. The fourth-order valence-corrected chi connectivity index (χ4v) is 4.01. The molecule has 4 rings (SSSR count). The van der Waals surface area contributed by atoms with Crippen LogP contribution in [0.1, 0.15) is 20.8 Å². The zero-order valence-corrected chi connectivity index (χ0v) is 17.2. The van der Waals surface area contributed by atoms with Gasteiger partial charge in [0.1, 0.15) is 11.3 Å². The van der Waals surface area contributed by atoms with Crippen molar-refractivity contribution in [1.29, 1.82) is 0 Å². The Morgan fingerprint density at radius 3 is 2.76 bits per heavy atom. The molecule has 4 aromatic rings. The van der Waals surface area contributed by atoms with Crippen LogP contribution in [0.4, 0.5) is 0 Å². The highest BCUT2D eigenvalue weighted by Crippen LogP contribution is 2.22. The molecule has 0 saturated carbocycles. The third kappa shape index (κ3) is 3.48. The summed E-state index contributed by atoms with van der Waals surface area (Å²) in [5, 5.41) is 2.81. The van der Waals surface area contributed by atoms with Gasteiger partial charge in [-0.2, -0.15) is 4.99 Å². The van der Waals surface area contributed by atoms with Gasteiger partial charge in [0, 0.05) is 37.3 Å². The van der Waals surface area contributed by atoms with Crippen molar-refractivity contribution in [1.82, 2.24) is 19.4 Å². The second-order valence-corrected chi connectivity index (χ2v) is 7.65. The molecule has 3 aromatic heterocycles. The Labute approximate surface area is 174 Å². The number of aromatic nitrogens is 3. The maximum Gasteiger partial charge on any atom is 0.280 e. The van der Waals surface area contributed by atoms with Crippen LogP contribution in [0, 0.1) is 0 Å². The molecule has 7 nitrogen and oxygen atoms in total. The van der Waals surface area contributed by atoms with E-state index in [0.29, 0.717) is 37.8 Å². The fourth-order valence-electron chi connectivity index (χ4n) is 2.93. The van der Waals surface area contributed by atoms with Gasteiger partial charge in [0.25, 0.3) is 11.8 Å². The van der Waals surface area contributed by atoms with E-state index in [1.807, 2.05) is 6.07 Å². The Bertz CT molecular complexity index is 1300. The van der Waals surface area contributed by atoms with E-state index >= 15 is 0 Å². The molecule has 1 aromatic carbocycles. The number of thiazole rings is 1. The molecule has 0 bridgehead atoms. The smallest absolute Gasteiger partial charge is 0.280 e. The predicted octanol–water partition coefficient (Wildman–Crippen LogP) is 3.51. The summed E-state index contributed by atoms with van der Waals surface area (Å²) >= 11 is 7.58. The van der Waals surface area contributed by atoms with E-state index in [9.17, 15) is 9.59 Å². The molecule has 29 heavy (non-hydrogen) atoms. The fraction of sp³-hybridized carbons (Fsp3) is 0.100. The highest BCUT2D eigenvalue weighted by molar-refractivity contribution is 7.07. The third-order valence-corrected chi connectivity index (χ3v) is 5.46. The number of nitrogens with zero attached hydrogens (tertiary/aromatic N) is 4. The van der Waals surface area contributed by atoms with Crippen molar-refractivity contribution in [3.8, 4) is 5.69 Å². The SMILES string of the molecule is CN(C)C(=O)c1csc(=NC(=O)c2ccnc3[nH]ccc23)n1-c1ccccc1Cl. The van der Waals surface area contributed by atoms with Crippen molar-refractivity contribution in [2.75, 3.05) is 14.1 Å². The van der Waals surface area contributed by atoms with E-state index in [0.717, 1.165) is 0 Å². The van der Waals surface area contributed by atoms with E-state index < -0.39 is 5.91 Å². The highest BCUT2D eigenvalue weighted by atomic mass is 35.5. The number of nitrogens with one attached hydrogen (secondary N) is 1. The van der Waals surface area contributed by atoms with Gasteiger partial charge in [-0.3, -0.25) is 14.2 Å². The van der Waals surface area contributed by atoms with E-state index in [1.165, 1.54) is 16.2 Å². The van der Waals surface area contributed by atoms with Gasteiger partial charge >= 0.3 is 0 Å². The molecule has 146 valence electrons. The number of hydrogen-bond donors (Lipinski definition) is 1. The number of carbonyl (C=O) groups is 2. The van der Waals surface area contributed by atoms with Crippen molar-refractivity contribution in [2.24, 2.45) is 4.99 Å². The Balaban J connectivity index is 1.92. The van der Waals surface area contributed by atoms with Crippen LogP contribution in [-0.2, 0) is 0 Å². The Kier molecular flexibility index (Phi) is 5.04. The van der Waals surface area contributed by atoms with E-state index in [-0.39, 0.29) is 5.91 Å². The summed E-state index contributed by atoms with van der Waals surface area (Å²) in [5.74, 6) is -0.643. The number of halogens is 1. The molecule has 9 heteroatoms. The molecular weight excluding hydrogens is 410 g/mol. The minimum absolute atomic E-state index is 0.216. The van der Waals surface area contributed by atoms with Gasteiger partial charge in [-0.05, 0) is 24.3 Å². The van der Waals surface area contributed by atoms with Crippen LogP contribution in [-0.4, -0.2) is 45.3 Å². The van der Waals surface area contributed by atoms with Crippen molar-refractivity contribution in [2.45, 2.75) is 0 Å². The number of rotatable bonds is 3. The van der Waals surface area contributed by atoms with Gasteiger partial charge < -0.3 is 9.88 Å². The number of pyridine rings is 1. The van der Waals surface area contributed by atoms with Crippen LogP contribution in [0.15, 0.2) is 59.2 Å². The van der Waals surface area contributed by atoms with E-state index in [4.69, 9.17) is 11.6 Å². The largest absolute Gasteiger partial charge is 0.346 e. The van der Waals surface area contributed by atoms with Gasteiger partial charge in [0.05, 0.1) is 16.3 Å². The van der Waals surface area contributed by atoms with Gasteiger partial charge in [0.15, 0.2) is 4.80 Å². The molecule has 0 radical (unpaired) electrons. The lowest BCUT2D eigenvalue weighted by Gasteiger charge is -2.14. The van der Waals surface area contributed by atoms with Gasteiger partial charge in [-0.15, -0.1) is 11.3 Å². The number of hydrogen-bond acceptors (Lipinski definition) is 4. The summed E-state index contributed by atoms with van der Waals surface area (Å²) in [6, 6.07) is 10.5. The first kappa shape index (κ1) is 19.1. The lowest BCUT2D eigenvalue weighted by atomic mass is 10.2. The minimum atomic E-state index is -0.427. The van der Waals surface area contributed by atoms with Crippen molar-refractivity contribution in [3.05, 3.63) is 75.3 Å². The van der Waals surface area contributed by atoms with E-state index in [1.54, 1.807) is 66.8 Å². The van der Waals surface area contributed by atoms with Crippen molar-refractivity contribution >= 4 is 45.8 Å². The normalized spacial score (nSPS) is 11.8. The average molecular weight is 426 g/mol. The third-order valence-electron chi connectivity index (χ3n) is 4.31. The summed E-state index contributed by atoms with van der Waals surface area (Å²) in [7, 11) is 3.33. The molecule has 0 saturated heterocycles. The molecule has 2 amide bonds. The molecule has 0 aliphatic heterocycles. The van der Waals surface area contributed by atoms with Crippen LogP contribution in [0.5, 0.6) is 0 Å². The number of benzene rings is 1. The molecule has 0 aliphatic carbocycles. The van der Waals surface area contributed by atoms with Crippen LogP contribution >= 0.6 is 22.9 Å². The molecular formula is C20H16ClN5O2S. The number of amides is 2. The maximum absolute atomic E-state index is 13.0. The molecule has 0 atom stereocenters. The number of aromatic amines is 1. The van der Waals surface area contributed by atoms with Crippen LogP contribution < -0.4 is 4.80 Å². The lowest BCUT2D eigenvalue weighted by molar-refractivity contribution is 0.0819. The average Bonchev–Trinajstić information content (AvgIpc) is 3.34. The topological polar surface area (TPSA) is 83.3 Å². The summed E-state index contributed by atoms with van der Waals surface area (Å²) in [6.45, 7) is 0. The van der Waals surface area contributed by atoms with Crippen LogP contribution in [0.2, 0.25) is 5.02 Å². The quantitative estimate of drug-likeness (QED) is 0.545. The molecule has 0 aliphatic rings. The van der Waals surface area contributed by atoms with Gasteiger partial charge in [0.2, 0.25) is 0 Å². The highest BCUT2D eigenvalue weighted by Gasteiger charge is 2.19. The lowest BCUT2D eigenvalue weighted by Crippen LogP contribution is -2.27. The monoisotopic (exact) mass is 425 g/mol. The summed E-state index contributed by atoms with van der Waals surface area (Å²) < 4.78 is 1.61. The maximum atomic E-state index is 13.0. The predicted molar refractivity (Wildman–Crippen MR) is 113 cm³/mol. The van der Waals surface area contributed by atoms with Crippen molar-refractivity contribution < 1.29 is 9.59 Å². The van der Waals surface area contributed by atoms with Gasteiger partial charge in [-0.25, -0.2) is 4.98 Å². The standard InChI is InChI=1S/C20H16ClN5O2S/c1-25(2)19(28)16-11-29-20(26(16)15-6-4-3-5-14(15)21)24-18(27)13-8-10-23-17-12(13)7-9-22-17/h3-11H,1-2H3,(H,22,23). The first-order chi connectivity index (χ1) is 14.0. The number of H-pyrrole nitrogens is 1. The zero-order valence-electron chi connectivity index (χ0n) is 15.6. The second-order valence-electron chi connectivity index (χ2n) is 6.41. The first-order valence-corrected chi connectivity index (χ1v) is 9.91. The molecule has 3 heterocycles. The molecule has 0 spiro atoms. The summed E-state index contributed by atoms with van der Waals surface area (Å²) in [6.07, 6.45) is 3.27. The molecule has 0 fully saturated rings. The second kappa shape index (κ2) is 7.65. The van der Waals surface area contributed by atoms with Gasteiger partial charge in [-0.1, -0.05) is 23.7 Å². The number of para-hydroxylation sites is 1. The molecule has 1 N–H and O–H groups in total. The number of carbonyl (C=O) groups excluding carboxylic acids is 2. The van der Waals surface area contributed by atoms with Crippen LogP contribution in [0.25, 0.3) is 16.7 Å². The Hall–Kier alpha value is -3.23. The first-order valence-electron chi connectivity index (χ1n) is 8.65. The Morgan fingerprint density at radius 1 is 1.21 bits per heavy atom. The van der Waals surface area contributed by atoms with Crippen molar-refractivity contribution in [3.63, 3.8) is 0 Å². The molecule has 0 unspecified atom stereocenters. The van der Waals surface area contributed by atoms with E-state index in [2.05, 4.69) is 15.0 Å². The zero-order chi connectivity index (χ0) is 20.5. The Morgan fingerprint density at radius 2 is 2.00 bits per heavy atom. The van der Waals surface area contributed by atoms with Crippen LogP contribution in [0.3, 0.4) is 0 Å².